The number of nitrogens with zero attached hydrogens (tertiary/aromatic N) is 1. The minimum absolute atomic E-state index is 0.158. The lowest BCUT2D eigenvalue weighted by Gasteiger charge is -2.15. The highest BCUT2D eigenvalue weighted by Gasteiger charge is 2.36. The molecule has 5 nitrogen and oxygen atoms in total. The van der Waals surface area contributed by atoms with Crippen LogP contribution in [-0.4, -0.2) is 37.6 Å². The van der Waals surface area contributed by atoms with Crippen LogP contribution in [0.15, 0.2) is 47.1 Å². The number of carbonyl (C=O) groups is 1. The third-order valence-corrected chi connectivity index (χ3v) is 7.74. The highest BCUT2D eigenvalue weighted by molar-refractivity contribution is 7.91. The first-order valence-corrected chi connectivity index (χ1v) is 10.7. The highest BCUT2D eigenvalue weighted by atomic mass is 32.2. The van der Waals surface area contributed by atoms with E-state index in [4.69, 9.17) is 4.42 Å². The van der Waals surface area contributed by atoms with Crippen molar-refractivity contribution in [1.29, 1.82) is 0 Å². The zero-order chi connectivity index (χ0) is 18.3. The van der Waals surface area contributed by atoms with E-state index in [1.165, 1.54) is 29.7 Å². The fourth-order valence-corrected chi connectivity index (χ4v) is 5.87. The predicted molar refractivity (Wildman–Crippen MR) is 97.4 cm³/mol. The van der Waals surface area contributed by atoms with Crippen LogP contribution in [0.3, 0.4) is 0 Å². The smallest absolute Gasteiger partial charge is 0.264 e. The van der Waals surface area contributed by atoms with Crippen molar-refractivity contribution in [2.24, 2.45) is 0 Å². The molecule has 1 fully saturated rings. The Balaban J connectivity index is 1.49. The van der Waals surface area contributed by atoms with Crippen molar-refractivity contribution in [3.63, 3.8) is 0 Å². The first-order chi connectivity index (χ1) is 12.4. The summed E-state index contributed by atoms with van der Waals surface area (Å²) in [6.45, 7) is 0.563. The third-order valence-electron chi connectivity index (χ3n) is 4.55. The number of hydrogen-bond donors (Lipinski definition) is 0. The van der Waals surface area contributed by atoms with Gasteiger partial charge in [0.15, 0.2) is 9.84 Å². The van der Waals surface area contributed by atoms with Crippen LogP contribution >= 0.6 is 11.3 Å². The van der Waals surface area contributed by atoms with E-state index in [-0.39, 0.29) is 24.0 Å². The van der Waals surface area contributed by atoms with Gasteiger partial charge in [-0.05, 0) is 48.2 Å². The molecule has 0 aliphatic carbocycles. The van der Waals surface area contributed by atoms with Gasteiger partial charge >= 0.3 is 0 Å². The van der Waals surface area contributed by atoms with Crippen molar-refractivity contribution in [2.45, 2.75) is 17.4 Å². The van der Waals surface area contributed by atoms with Gasteiger partial charge in [-0.25, -0.2) is 12.8 Å². The van der Waals surface area contributed by atoms with Gasteiger partial charge in [0, 0.05) is 17.8 Å². The molecule has 4 rings (SSSR count). The Labute approximate surface area is 154 Å². The SMILES string of the molecule is O=C(c1cc2cc(F)ccc2s1)N1CCC(S(=O)(=O)Cc2ccco2)C1. The Bertz CT molecular complexity index is 1060. The lowest BCUT2D eigenvalue weighted by atomic mass is 10.2. The van der Waals surface area contributed by atoms with Crippen LogP contribution in [0.5, 0.6) is 0 Å². The Kier molecular flexibility index (Phi) is 4.32. The molecule has 1 aliphatic rings. The van der Waals surface area contributed by atoms with Gasteiger partial charge in [-0.2, -0.15) is 0 Å². The minimum Gasteiger partial charge on any atom is -0.468 e. The molecular weight excluding hydrogens is 377 g/mol. The molecule has 2 aromatic heterocycles. The number of benzene rings is 1. The molecule has 8 heteroatoms. The van der Waals surface area contributed by atoms with Gasteiger partial charge in [0.2, 0.25) is 0 Å². The van der Waals surface area contributed by atoms with E-state index in [1.807, 2.05) is 0 Å². The zero-order valence-electron chi connectivity index (χ0n) is 13.7. The molecule has 1 amide bonds. The number of fused-ring (bicyclic) bond motifs is 1. The zero-order valence-corrected chi connectivity index (χ0v) is 15.4. The van der Waals surface area contributed by atoms with E-state index in [2.05, 4.69) is 0 Å². The molecule has 1 saturated heterocycles. The topological polar surface area (TPSA) is 67.6 Å². The second kappa shape index (κ2) is 6.51. The maximum atomic E-state index is 13.3. The first kappa shape index (κ1) is 17.2. The normalized spacial score (nSPS) is 17.9. The number of carbonyl (C=O) groups excluding carboxylic acids is 1. The average molecular weight is 393 g/mol. The van der Waals surface area contributed by atoms with Crippen molar-refractivity contribution in [1.82, 2.24) is 4.90 Å². The van der Waals surface area contributed by atoms with Crippen molar-refractivity contribution in [3.8, 4) is 0 Å². The summed E-state index contributed by atoms with van der Waals surface area (Å²) in [5.74, 6) is -0.308. The highest BCUT2D eigenvalue weighted by Crippen LogP contribution is 2.29. The maximum absolute atomic E-state index is 13.3. The largest absolute Gasteiger partial charge is 0.468 e. The number of sulfone groups is 1. The molecule has 0 radical (unpaired) electrons. The molecule has 0 spiro atoms. The molecule has 1 atom stereocenters. The minimum atomic E-state index is -3.40. The van der Waals surface area contributed by atoms with Gasteiger partial charge in [-0.3, -0.25) is 4.79 Å². The molecule has 0 saturated carbocycles. The summed E-state index contributed by atoms with van der Waals surface area (Å²) in [7, 11) is -3.40. The van der Waals surface area contributed by atoms with E-state index in [9.17, 15) is 17.6 Å². The fourth-order valence-electron chi connectivity index (χ4n) is 3.19. The molecule has 1 unspecified atom stereocenters. The standard InChI is InChI=1S/C18H16FNO4S2/c19-13-3-4-16-12(8-13)9-17(25-16)18(21)20-6-5-15(10-20)26(22,23)11-14-2-1-7-24-14/h1-4,7-9,15H,5-6,10-11H2. The van der Waals surface area contributed by atoms with E-state index in [1.54, 1.807) is 29.2 Å². The first-order valence-electron chi connectivity index (χ1n) is 8.15. The van der Waals surface area contributed by atoms with Gasteiger partial charge < -0.3 is 9.32 Å². The van der Waals surface area contributed by atoms with Crippen LogP contribution in [-0.2, 0) is 15.6 Å². The van der Waals surface area contributed by atoms with E-state index < -0.39 is 15.1 Å². The third kappa shape index (κ3) is 3.26. The summed E-state index contributed by atoms with van der Waals surface area (Å²) in [6, 6.07) is 9.34. The number of thiophene rings is 1. The van der Waals surface area contributed by atoms with Gasteiger partial charge in [-0.1, -0.05) is 0 Å². The number of likely N-dealkylation sites (tertiary alicyclic amines) is 1. The van der Waals surface area contributed by atoms with Gasteiger partial charge in [0.25, 0.3) is 5.91 Å². The van der Waals surface area contributed by atoms with Gasteiger partial charge in [0.05, 0.1) is 16.4 Å². The average Bonchev–Trinajstić information content (AvgIpc) is 3.33. The van der Waals surface area contributed by atoms with Crippen LogP contribution < -0.4 is 0 Å². The molecule has 0 bridgehead atoms. The van der Waals surface area contributed by atoms with Crippen molar-refractivity contribution in [3.05, 3.63) is 59.1 Å². The van der Waals surface area contributed by atoms with Crippen molar-refractivity contribution < 1.29 is 22.0 Å². The lowest BCUT2D eigenvalue weighted by Crippen LogP contribution is -2.31. The lowest BCUT2D eigenvalue weighted by molar-refractivity contribution is 0.0798. The number of hydrogen-bond acceptors (Lipinski definition) is 5. The molecule has 3 heterocycles. The molecule has 136 valence electrons. The van der Waals surface area contributed by atoms with E-state index in [0.29, 0.717) is 29.0 Å². The van der Waals surface area contributed by atoms with Crippen LogP contribution in [0.25, 0.3) is 10.1 Å². The predicted octanol–water partition coefficient (Wildman–Crippen LogP) is 3.46. The monoisotopic (exact) mass is 393 g/mol. The van der Waals surface area contributed by atoms with E-state index >= 15 is 0 Å². The molecule has 0 N–H and O–H groups in total. The number of halogens is 1. The number of amides is 1. The molecule has 26 heavy (non-hydrogen) atoms. The summed E-state index contributed by atoms with van der Waals surface area (Å²) in [4.78, 5) is 14.8. The summed E-state index contributed by atoms with van der Waals surface area (Å²) in [5, 5.41) is 0.0860. The Hall–Kier alpha value is -2.19. The fraction of sp³-hybridized carbons (Fsp3) is 0.278. The van der Waals surface area contributed by atoms with Gasteiger partial charge in [-0.15, -0.1) is 11.3 Å². The molecule has 3 aromatic rings. The summed E-state index contributed by atoms with van der Waals surface area (Å²) < 4.78 is 44.4. The number of rotatable bonds is 4. The van der Waals surface area contributed by atoms with E-state index in [0.717, 1.165) is 4.70 Å². The summed E-state index contributed by atoms with van der Waals surface area (Å²) >= 11 is 1.29. The van der Waals surface area contributed by atoms with Crippen LogP contribution in [0.1, 0.15) is 21.9 Å². The molecule has 1 aromatic carbocycles. The second-order valence-electron chi connectivity index (χ2n) is 6.34. The number of furan rings is 1. The van der Waals surface area contributed by atoms with Crippen molar-refractivity contribution in [2.75, 3.05) is 13.1 Å². The Morgan fingerprint density at radius 3 is 2.92 bits per heavy atom. The van der Waals surface area contributed by atoms with Crippen LogP contribution in [0, 0.1) is 5.82 Å². The Morgan fingerprint density at radius 2 is 2.15 bits per heavy atom. The summed E-state index contributed by atoms with van der Waals surface area (Å²) in [5.41, 5.74) is 0. The second-order valence-corrected chi connectivity index (χ2v) is 9.71. The van der Waals surface area contributed by atoms with Crippen molar-refractivity contribution >= 4 is 37.2 Å². The van der Waals surface area contributed by atoms with Crippen LogP contribution in [0.2, 0.25) is 0 Å². The maximum Gasteiger partial charge on any atom is 0.264 e. The molecule has 1 aliphatic heterocycles. The Morgan fingerprint density at radius 1 is 1.31 bits per heavy atom. The quantitative estimate of drug-likeness (QED) is 0.681. The summed E-state index contributed by atoms with van der Waals surface area (Å²) in [6.07, 6.45) is 1.86. The molecular formula is C18H16FNO4S2. The van der Waals surface area contributed by atoms with Crippen LogP contribution in [0.4, 0.5) is 4.39 Å². The van der Waals surface area contributed by atoms with Gasteiger partial charge in [0.1, 0.15) is 17.3 Å².